The minimum absolute atomic E-state index is 0.237. The molecule has 1 aliphatic rings. The van der Waals surface area contributed by atoms with Crippen LogP contribution < -0.4 is 19.6 Å². The minimum atomic E-state index is -0.827. The van der Waals surface area contributed by atoms with Crippen LogP contribution in [0.1, 0.15) is 53.4 Å². The molecule has 244 valence electrons. The van der Waals surface area contributed by atoms with Crippen molar-refractivity contribution in [1.29, 1.82) is 0 Å². The van der Waals surface area contributed by atoms with E-state index >= 15 is 0 Å². The first-order chi connectivity index (χ1) is 23.2. The molecule has 3 aromatic carbocycles. The molecular formula is C37H34N4O6S. The average Bonchev–Trinajstić information content (AvgIpc) is 3.67. The van der Waals surface area contributed by atoms with Gasteiger partial charge in [-0.3, -0.25) is 9.36 Å². The number of nitrogens with zero attached hydrogens (tertiary/aromatic N) is 4. The summed E-state index contributed by atoms with van der Waals surface area (Å²) in [6, 6.07) is 21.5. The number of aryl methyl sites for hydroxylation is 1. The van der Waals surface area contributed by atoms with Gasteiger partial charge in [-0.1, -0.05) is 48.6 Å². The molecule has 1 aliphatic heterocycles. The van der Waals surface area contributed by atoms with Gasteiger partial charge in [0.05, 0.1) is 53.9 Å². The third-order valence-electron chi connectivity index (χ3n) is 8.03. The van der Waals surface area contributed by atoms with Gasteiger partial charge in [-0.15, -0.1) is 0 Å². The number of thiazole rings is 1. The fourth-order valence-corrected chi connectivity index (χ4v) is 6.71. The van der Waals surface area contributed by atoms with Gasteiger partial charge in [0.15, 0.2) is 4.80 Å². The Labute approximate surface area is 280 Å². The van der Waals surface area contributed by atoms with Crippen molar-refractivity contribution in [2.24, 2.45) is 4.99 Å². The third kappa shape index (κ3) is 6.12. The van der Waals surface area contributed by atoms with E-state index in [0.717, 1.165) is 34.5 Å². The van der Waals surface area contributed by atoms with Gasteiger partial charge in [0, 0.05) is 17.3 Å². The first kappa shape index (κ1) is 32.4. The van der Waals surface area contributed by atoms with Crippen LogP contribution in [0.2, 0.25) is 0 Å². The Balaban J connectivity index is 1.52. The summed E-state index contributed by atoms with van der Waals surface area (Å²) in [4.78, 5) is 44.6. The number of para-hydroxylation sites is 1. The number of carbonyl (C=O) groups excluding carboxylic acids is 2. The maximum Gasteiger partial charge on any atom is 0.338 e. The van der Waals surface area contributed by atoms with Crippen LogP contribution >= 0.6 is 11.3 Å². The van der Waals surface area contributed by atoms with E-state index in [-0.39, 0.29) is 11.1 Å². The molecule has 1 atom stereocenters. The van der Waals surface area contributed by atoms with Crippen molar-refractivity contribution in [1.82, 2.24) is 14.3 Å². The van der Waals surface area contributed by atoms with Crippen LogP contribution in [0.3, 0.4) is 0 Å². The predicted octanol–water partition coefficient (Wildman–Crippen LogP) is 5.14. The van der Waals surface area contributed by atoms with Crippen molar-refractivity contribution in [3.05, 3.63) is 132 Å². The van der Waals surface area contributed by atoms with Gasteiger partial charge in [0.1, 0.15) is 11.4 Å². The molecule has 0 bridgehead atoms. The highest BCUT2D eigenvalue weighted by molar-refractivity contribution is 7.07. The molecule has 0 N–H and O–H groups in total. The number of benzene rings is 3. The van der Waals surface area contributed by atoms with Gasteiger partial charge < -0.3 is 14.2 Å². The SMILES string of the molecule is CCCOc1ccc(-c2nn(-c3ccccc3)cc2/C=c2\sc3n(c2=O)[C@H](c2ccc(C(=O)OC)cc2)C(C(=O)OC)=C(C)N=3)cc1C. The van der Waals surface area contributed by atoms with Crippen molar-refractivity contribution in [2.75, 3.05) is 20.8 Å². The smallest absolute Gasteiger partial charge is 0.338 e. The van der Waals surface area contributed by atoms with Crippen LogP contribution in [0.5, 0.6) is 5.75 Å². The zero-order valence-electron chi connectivity index (χ0n) is 27.2. The Morgan fingerprint density at radius 2 is 1.69 bits per heavy atom. The number of carbonyl (C=O) groups is 2. The second-order valence-electron chi connectivity index (χ2n) is 11.2. The number of fused-ring (bicyclic) bond motifs is 1. The van der Waals surface area contributed by atoms with Crippen LogP contribution in [-0.2, 0) is 14.3 Å². The van der Waals surface area contributed by atoms with Gasteiger partial charge in [0.25, 0.3) is 5.56 Å². The Kier molecular flexibility index (Phi) is 9.22. The summed E-state index contributed by atoms with van der Waals surface area (Å²) in [5.74, 6) is -0.273. The topological polar surface area (TPSA) is 114 Å². The first-order valence-electron chi connectivity index (χ1n) is 15.4. The Bertz CT molecular complexity index is 2230. The zero-order chi connectivity index (χ0) is 33.9. The molecular weight excluding hydrogens is 628 g/mol. The number of methoxy groups -OCH3 is 2. The molecule has 0 aliphatic carbocycles. The summed E-state index contributed by atoms with van der Waals surface area (Å²) in [7, 11) is 2.60. The molecule has 0 amide bonds. The van der Waals surface area contributed by atoms with E-state index in [4.69, 9.17) is 19.3 Å². The lowest BCUT2D eigenvalue weighted by atomic mass is 9.95. The highest BCUT2D eigenvalue weighted by atomic mass is 32.1. The van der Waals surface area contributed by atoms with Gasteiger partial charge in [-0.2, -0.15) is 5.10 Å². The van der Waals surface area contributed by atoms with Crippen molar-refractivity contribution >= 4 is 29.4 Å². The zero-order valence-corrected chi connectivity index (χ0v) is 28.0. The summed E-state index contributed by atoms with van der Waals surface area (Å²) in [6.07, 6.45) is 4.62. The van der Waals surface area contributed by atoms with Gasteiger partial charge in [-0.05, 0) is 79.9 Å². The Morgan fingerprint density at radius 1 is 0.958 bits per heavy atom. The lowest BCUT2D eigenvalue weighted by Crippen LogP contribution is -2.39. The first-order valence-corrected chi connectivity index (χ1v) is 16.2. The number of hydrogen-bond acceptors (Lipinski definition) is 9. The van der Waals surface area contributed by atoms with Crippen molar-refractivity contribution < 1.29 is 23.8 Å². The maximum atomic E-state index is 14.3. The third-order valence-corrected chi connectivity index (χ3v) is 9.02. The molecule has 3 heterocycles. The van der Waals surface area contributed by atoms with E-state index < -0.39 is 18.0 Å². The maximum absolute atomic E-state index is 14.3. The van der Waals surface area contributed by atoms with Gasteiger partial charge >= 0.3 is 11.9 Å². The Morgan fingerprint density at radius 3 is 2.35 bits per heavy atom. The van der Waals surface area contributed by atoms with Crippen molar-refractivity contribution in [2.45, 2.75) is 33.2 Å². The summed E-state index contributed by atoms with van der Waals surface area (Å²) in [6.45, 7) is 6.41. The van der Waals surface area contributed by atoms with Gasteiger partial charge in [0.2, 0.25) is 0 Å². The van der Waals surface area contributed by atoms with Crippen LogP contribution in [0.25, 0.3) is 23.0 Å². The molecule has 5 aromatic rings. The fourth-order valence-electron chi connectivity index (χ4n) is 5.67. The molecule has 11 heteroatoms. The largest absolute Gasteiger partial charge is 0.493 e. The second kappa shape index (κ2) is 13.7. The van der Waals surface area contributed by atoms with E-state index in [9.17, 15) is 14.4 Å². The molecule has 0 fully saturated rings. The van der Waals surface area contributed by atoms with Crippen LogP contribution in [-0.4, -0.2) is 47.1 Å². The number of ether oxygens (including phenoxy) is 3. The van der Waals surface area contributed by atoms with Crippen LogP contribution in [0.15, 0.2) is 100 Å². The number of aromatic nitrogens is 3. The van der Waals surface area contributed by atoms with Crippen molar-refractivity contribution in [3.8, 4) is 22.7 Å². The summed E-state index contributed by atoms with van der Waals surface area (Å²) in [5, 5.41) is 4.95. The summed E-state index contributed by atoms with van der Waals surface area (Å²) < 4.78 is 19.6. The standard InChI is InChI=1S/C37H34N4O6S/c1-6-18-47-29-17-16-26(19-22(29)2)32-27(21-40(39-32)28-10-8-7-9-11-28)20-30-34(42)41-33(24-12-14-25(15-13-24)35(43)45-4)31(36(44)46-5)23(3)38-37(41)48-30/h7-17,19-21,33H,6,18H2,1-5H3/b30-20-/t33-/m1/s1. The van der Waals surface area contributed by atoms with E-state index in [0.29, 0.717) is 38.5 Å². The molecule has 6 rings (SSSR count). The highest BCUT2D eigenvalue weighted by Crippen LogP contribution is 2.32. The normalized spacial score (nSPS) is 14.4. The average molecular weight is 663 g/mol. The van der Waals surface area contributed by atoms with Crippen LogP contribution in [0.4, 0.5) is 0 Å². The molecule has 0 spiro atoms. The molecule has 0 radical (unpaired) electrons. The molecule has 0 saturated carbocycles. The van der Waals surface area contributed by atoms with Crippen LogP contribution in [0, 0.1) is 6.92 Å². The quantitative estimate of drug-likeness (QED) is 0.201. The fraction of sp³-hybridized carbons (Fsp3) is 0.216. The Hall–Kier alpha value is -5.55. The molecule has 0 unspecified atom stereocenters. The molecule has 0 saturated heterocycles. The van der Waals surface area contributed by atoms with E-state index in [1.807, 2.05) is 67.7 Å². The molecule has 10 nitrogen and oxygen atoms in total. The summed E-state index contributed by atoms with van der Waals surface area (Å²) in [5.41, 5.74) is 5.45. The van der Waals surface area contributed by atoms with E-state index in [2.05, 4.69) is 11.9 Å². The number of rotatable bonds is 9. The van der Waals surface area contributed by atoms with Gasteiger partial charge in [-0.25, -0.2) is 19.3 Å². The predicted molar refractivity (Wildman–Crippen MR) is 183 cm³/mol. The summed E-state index contributed by atoms with van der Waals surface area (Å²) >= 11 is 1.23. The lowest BCUT2D eigenvalue weighted by molar-refractivity contribution is -0.136. The monoisotopic (exact) mass is 662 g/mol. The molecule has 2 aromatic heterocycles. The lowest BCUT2D eigenvalue weighted by Gasteiger charge is -2.24. The number of hydrogen-bond donors (Lipinski definition) is 0. The number of allylic oxidation sites excluding steroid dienone is 1. The highest BCUT2D eigenvalue weighted by Gasteiger charge is 2.33. The molecule has 48 heavy (non-hydrogen) atoms. The van der Waals surface area contributed by atoms with E-state index in [1.54, 1.807) is 35.9 Å². The second-order valence-corrected chi connectivity index (χ2v) is 12.2. The van der Waals surface area contributed by atoms with Crippen molar-refractivity contribution in [3.63, 3.8) is 0 Å². The minimum Gasteiger partial charge on any atom is -0.493 e. The van der Waals surface area contributed by atoms with E-state index in [1.165, 1.54) is 30.1 Å². The number of esters is 2.